The van der Waals surface area contributed by atoms with E-state index in [0.29, 0.717) is 25.7 Å². The van der Waals surface area contributed by atoms with Gasteiger partial charge in [-0.05, 0) is 12.8 Å². The number of hydrogen-bond acceptors (Lipinski definition) is 1. The first kappa shape index (κ1) is 18.5. The summed E-state index contributed by atoms with van der Waals surface area (Å²) in [5.74, 6) is 0. The van der Waals surface area contributed by atoms with Crippen molar-refractivity contribution in [3.63, 3.8) is 0 Å². The molecule has 0 aliphatic carbocycles. The van der Waals surface area contributed by atoms with E-state index in [1.807, 2.05) is 0 Å². The lowest BCUT2D eigenvalue weighted by molar-refractivity contribution is -0.135. The van der Waals surface area contributed by atoms with Gasteiger partial charge in [0.25, 0.3) is 0 Å². The average molecular weight is 293 g/mol. The van der Waals surface area contributed by atoms with E-state index in [9.17, 15) is 26.3 Å². The van der Waals surface area contributed by atoms with Gasteiger partial charge >= 0.3 is 12.2 Å². The van der Waals surface area contributed by atoms with Crippen LogP contribution in [0.1, 0.15) is 57.8 Å². The molecule has 0 aromatic rings. The van der Waals surface area contributed by atoms with Gasteiger partial charge in [0, 0.05) is 6.42 Å². The number of nitrogens with two attached hydrogens (primary N) is 1. The van der Waals surface area contributed by atoms with Crippen LogP contribution in [0.25, 0.3) is 0 Å². The third kappa shape index (κ3) is 12.3. The van der Waals surface area contributed by atoms with Crippen LogP contribution in [-0.4, -0.2) is 18.4 Å². The van der Waals surface area contributed by atoms with E-state index in [2.05, 4.69) is 5.73 Å². The number of alkyl halides is 6. The van der Waals surface area contributed by atoms with Crippen molar-refractivity contribution < 1.29 is 26.3 Å². The summed E-state index contributed by atoms with van der Waals surface area (Å²) in [7, 11) is 0. The third-order valence-corrected chi connectivity index (χ3v) is 2.84. The first-order valence-corrected chi connectivity index (χ1v) is 6.50. The van der Waals surface area contributed by atoms with Crippen molar-refractivity contribution in [2.75, 3.05) is 0 Å². The van der Waals surface area contributed by atoms with Crippen molar-refractivity contribution in [1.29, 1.82) is 0 Å². The maximum Gasteiger partial charge on any atom is 0.389 e. The average Bonchev–Trinajstić information content (AvgIpc) is 2.23. The molecule has 0 fully saturated rings. The fourth-order valence-corrected chi connectivity index (χ4v) is 1.73. The SMILES string of the molecule is NC(F)(F)C(F)CCCCCCCCCC(F)(F)F. The Morgan fingerprint density at radius 1 is 0.737 bits per heavy atom. The van der Waals surface area contributed by atoms with E-state index in [-0.39, 0.29) is 12.8 Å². The molecule has 0 saturated carbocycles. The molecular weight excluding hydrogens is 272 g/mol. The van der Waals surface area contributed by atoms with Crippen LogP contribution in [0.2, 0.25) is 0 Å². The van der Waals surface area contributed by atoms with Gasteiger partial charge in [-0.1, -0.05) is 38.5 Å². The standard InChI is InChI=1S/C12H21F6N/c13-10(12(17,18)19)8-6-4-2-1-3-5-7-9-11(14,15)16/h10H,1-9,19H2. The summed E-state index contributed by atoms with van der Waals surface area (Å²) >= 11 is 0. The van der Waals surface area contributed by atoms with Crippen LogP contribution < -0.4 is 5.73 Å². The van der Waals surface area contributed by atoms with Gasteiger partial charge in [0.1, 0.15) is 0 Å². The summed E-state index contributed by atoms with van der Waals surface area (Å²) < 4.78 is 72.6. The van der Waals surface area contributed by atoms with Gasteiger partial charge in [0.2, 0.25) is 0 Å². The van der Waals surface area contributed by atoms with E-state index in [0.717, 1.165) is 12.8 Å². The highest BCUT2D eigenvalue weighted by Gasteiger charge is 2.34. The van der Waals surface area contributed by atoms with Gasteiger partial charge < -0.3 is 0 Å². The van der Waals surface area contributed by atoms with Gasteiger partial charge in [-0.15, -0.1) is 0 Å². The first-order chi connectivity index (χ1) is 8.63. The van der Waals surface area contributed by atoms with Crippen molar-refractivity contribution >= 4 is 0 Å². The quantitative estimate of drug-likeness (QED) is 0.344. The van der Waals surface area contributed by atoms with E-state index in [4.69, 9.17) is 0 Å². The van der Waals surface area contributed by atoms with Gasteiger partial charge in [-0.2, -0.15) is 22.0 Å². The van der Waals surface area contributed by atoms with Gasteiger partial charge in [0.05, 0.1) is 0 Å². The minimum Gasteiger partial charge on any atom is -0.270 e. The number of hydrogen-bond donors (Lipinski definition) is 1. The molecule has 0 bridgehead atoms. The first-order valence-electron chi connectivity index (χ1n) is 6.50. The summed E-state index contributed by atoms with van der Waals surface area (Å²) in [5.41, 5.74) is 4.31. The molecule has 1 nitrogen and oxygen atoms in total. The monoisotopic (exact) mass is 293 g/mol. The fourth-order valence-electron chi connectivity index (χ4n) is 1.73. The zero-order chi connectivity index (χ0) is 14.9. The number of halogens is 6. The minimum atomic E-state index is -4.09. The molecule has 0 spiro atoms. The van der Waals surface area contributed by atoms with Crippen LogP contribution in [0.3, 0.4) is 0 Å². The molecule has 0 heterocycles. The van der Waals surface area contributed by atoms with E-state index in [1.165, 1.54) is 0 Å². The summed E-state index contributed by atoms with van der Waals surface area (Å²) in [6.07, 6.45) is -3.78. The van der Waals surface area contributed by atoms with E-state index < -0.39 is 24.8 Å². The molecule has 1 unspecified atom stereocenters. The molecular formula is C12H21F6N. The third-order valence-electron chi connectivity index (χ3n) is 2.84. The number of rotatable bonds is 10. The Hall–Kier alpha value is -0.460. The minimum absolute atomic E-state index is 0.120. The van der Waals surface area contributed by atoms with Gasteiger partial charge in [-0.25, -0.2) is 4.39 Å². The molecule has 0 aromatic heterocycles. The highest BCUT2D eigenvalue weighted by atomic mass is 19.4. The second kappa shape index (κ2) is 8.66. The van der Waals surface area contributed by atoms with Crippen LogP contribution in [0.5, 0.6) is 0 Å². The Bertz CT molecular complexity index is 223. The highest BCUT2D eigenvalue weighted by molar-refractivity contribution is 4.69. The molecule has 19 heavy (non-hydrogen) atoms. The molecule has 1 atom stereocenters. The molecule has 0 rings (SSSR count). The normalized spacial score (nSPS) is 14.7. The van der Waals surface area contributed by atoms with Crippen molar-refractivity contribution in [3.8, 4) is 0 Å². The Labute approximate surface area is 109 Å². The predicted molar refractivity (Wildman–Crippen MR) is 61.6 cm³/mol. The predicted octanol–water partition coefficient (Wildman–Crippen LogP) is 4.95. The van der Waals surface area contributed by atoms with Crippen LogP contribution in [0.15, 0.2) is 0 Å². The topological polar surface area (TPSA) is 26.0 Å². The van der Waals surface area contributed by atoms with Gasteiger partial charge in [0.15, 0.2) is 6.17 Å². The smallest absolute Gasteiger partial charge is 0.270 e. The number of unbranched alkanes of at least 4 members (excludes halogenated alkanes) is 6. The summed E-state index contributed by atoms with van der Waals surface area (Å²) in [6.45, 7) is 0. The second-order valence-electron chi connectivity index (χ2n) is 4.77. The van der Waals surface area contributed by atoms with Gasteiger partial charge in [-0.3, -0.25) is 5.73 Å². The van der Waals surface area contributed by atoms with Crippen molar-refractivity contribution in [2.45, 2.75) is 76.2 Å². The Morgan fingerprint density at radius 2 is 1.16 bits per heavy atom. The summed E-state index contributed by atoms with van der Waals surface area (Å²) in [6, 6.07) is -3.78. The zero-order valence-electron chi connectivity index (χ0n) is 10.8. The largest absolute Gasteiger partial charge is 0.389 e. The molecule has 0 aliphatic rings. The van der Waals surface area contributed by atoms with E-state index in [1.54, 1.807) is 0 Å². The lowest BCUT2D eigenvalue weighted by Crippen LogP contribution is -2.39. The lowest BCUT2D eigenvalue weighted by Gasteiger charge is -2.15. The second-order valence-corrected chi connectivity index (χ2v) is 4.77. The van der Waals surface area contributed by atoms with Crippen LogP contribution >= 0.6 is 0 Å². The van der Waals surface area contributed by atoms with Crippen LogP contribution in [-0.2, 0) is 0 Å². The fraction of sp³-hybridized carbons (Fsp3) is 1.00. The lowest BCUT2D eigenvalue weighted by atomic mass is 10.1. The van der Waals surface area contributed by atoms with Crippen molar-refractivity contribution in [1.82, 2.24) is 0 Å². The highest BCUT2D eigenvalue weighted by Crippen LogP contribution is 2.23. The molecule has 7 heteroatoms. The maximum absolute atomic E-state index is 12.7. The molecule has 0 aliphatic heterocycles. The van der Waals surface area contributed by atoms with Crippen LogP contribution in [0.4, 0.5) is 26.3 Å². The van der Waals surface area contributed by atoms with Crippen LogP contribution in [0, 0.1) is 0 Å². The zero-order valence-corrected chi connectivity index (χ0v) is 10.8. The van der Waals surface area contributed by atoms with Crippen molar-refractivity contribution in [3.05, 3.63) is 0 Å². The van der Waals surface area contributed by atoms with Crippen molar-refractivity contribution in [2.24, 2.45) is 5.73 Å². The Balaban J connectivity index is 3.29. The molecule has 0 radical (unpaired) electrons. The molecule has 0 amide bonds. The summed E-state index contributed by atoms with van der Waals surface area (Å²) in [4.78, 5) is 0. The molecule has 116 valence electrons. The summed E-state index contributed by atoms with van der Waals surface area (Å²) in [5, 5.41) is 0. The maximum atomic E-state index is 12.7. The molecule has 0 aromatic carbocycles. The van der Waals surface area contributed by atoms with E-state index >= 15 is 0 Å². The Morgan fingerprint density at radius 3 is 1.58 bits per heavy atom. The Kier molecular flexibility index (Phi) is 8.45. The molecule has 2 N–H and O–H groups in total. The molecule has 0 saturated heterocycles.